The lowest BCUT2D eigenvalue weighted by atomic mass is 10.1. The number of ether oxygens (including phenoxy) is 3. The Morgan fingerprint density at radius 1 is 1.20 bits per heavy atom. The summed E-state index contributed by atoms with van der Waals surface area (Å²) in [5, 5.41) is 3.36. The zero-order valence-electron chi connectivity index (χ0n) is 12.1. The summed E-state index contributed by atoms with van der Waals surface area (Å²) in [4.78, 5) is 0. The summed E-state index contributed by atoms with van der Waals surface area (Å²) in [6, 6.07) is 6.13. The highest BCUT2D eigenvalue weighted by molar-refractivity contribution is 5.44. The molecular formula is C16H23NO3. The van der Waals surface area contributed by atoms with Gasteiger partial charge in [-0.25, -0.2) is 0 Å². The predicted molar refractivity (Wildman–Crippen MR) is 77.4 cm³/mol. The third-order valence-electron chi connectivity index (χ3n) is 4.08. The van der Waals surface area contributed by atoms with E-state index in [2.05, 4.69) is 17.4 Å². The van der Waals surface area contributed by atoms with Crippen molar-refractivity contribution in [1.82, 2.24) is 5.32 Å². The molecule has 0 bridgehead atoms. The lowest BCUT2D eigenvalue weighted by Gasteiger charge is -2.25. The second-order valence-corrected chi connectivity index (χ2v) is 5.50. The maximum atomic E-state index is 6.13. The smallest absolute Gasteiger partial charge is 0.161 e. The van der Waals surface area contributed by atoms with Gasteiger partial charge in [0, 0.05) is 13.1 Å². The van der Waals surface area contributed by atoms with Crippen molar-refractivity contribution in [3.05, 3.63) is 23.8 Å². The first-order chi connectivity index (χ1) is 9.86. The van der Waals surface area contributed by atoms with E-state index < -0.39 is 0 Å². The number of hydrogen-bond acceptors (Lipinski definition) is 4. The van der Waals surface area contributed by atoms with Crippen molar-refractivity contribution >= 4 is 0 Å². The van der Waals surface area contributed by atoms with Crippen LogP contribution in [-0.2, 0) is 4.74 Å². The lowest BCUT2D eigenvalue weighted by molar-refractivity contribution is 0.0274. The minimum Gasteiger partial charge on any atom is -0.493 e. The molecule has 1 unspecified atom stereocenters. The van der Waals surface area contributed by atoms with E-state index >= 15 is 0 Å². The number of nitrogens with one attached hydrogen (secondary N) is 1. The average Bonchev–Trinajstić information content (AvgIpc) is 3.01. The van der Waals surface area contributed by atoms with Crippen molar-refractivity contribution < 1.29 is 14.2 Å². The van der Waals surface area contributed by atoms with E-state index in [0.29, 0.717) is 6.10 Å². The van der Waals surface area contributed by atoms with Crippen molar-refractivity contribution in [2.24, 2.45) is 0 Å². The normalized spacial score (nSPS) is 23.8. The van der Waals surface area contributed by atoms with E-state index in [1.165, 1.54) is 12.8 Å². The lowest BCUT2D eigenvalue weighted by Crippen LogP contribution is -2.33. The molecule has 1 saturated carbocycles. The summed E-state index contributed by atoms with van der Waals surface area (Å²) in [5.74, 6) is 1.66. The molecule has 1 N–H and O–H groups in total. The van der Waals surface area contributed by atoms with Gasteiger partial charge in [-0.1, -0.05) is 6.07 Å². The van der Waals surface area contributed by atoms with Gasteiger partial charge in [0.2, 0.25) is 0 Å². The number of benzene rings is 1. The Morgan fingerprint density at radius 3 is 2.75 bits per heavy atom. The van der Waals surface area contributed by atoms with Crippen LogP contribution in [0.2, 0.25) is 0 Å². The van der Waals surface area contributed by atoms with Crippen LogP contribution in [0.25, 0.3) is 0 Å². The summed E-state index contributed by atoms with van der Waals surface area (Å²) in [5.41, 5.74) is 1.16. The molecule has 2 aliphatic rings. The quantitative estimate of drug-likeness (QED) is 0.918. The first-order valence-electron chi connectivity index (χ1n) is 7.54. The first kappa shape index (κ1) is 13.7. The van der Waals surface area contributed by atoms with E-state index in [9.17, 15) is 0 Å². The van der Waals surface area contributed by atoms with Crippen molar-refractivity contribution in [1.29, 1.82) is 0 Å². The molecular weight excluding hydrogens is 254 g/mol. The second kappa shape index (κ2) is 6.46. The topological polar surface area (TPSA) is 39.7 Å². The third-order valence-corrected chi connectivity index (χ3v) is 4.08. The second-order valence-electron chi connectivity index (χ2n) is 5.50. The Bertz CT molecular complexity index is 437. The van der Waals surface area contributed by atoms with Crippen molar-refractivity contribution in [2.45, 2.75) is 37.9 Å². The highest BCUT2D eigenvalue weighted by atomic mass is 16.5. The Morgan fingerprint density at radius 2 is 2.05 bits per heavy atom. The number of methoxy groups -OCH3 is 1. The molecule has 1 aliphatic heterocycles. The van der Waals surface area contributed by atoms with Gasteiger partial charge >= 0.3 is 0 Å². The fourth-order valence-electron chi connectivity index (χ4n) is 2.95. The van der Waals surface area contributed by atoms with Crippen LogP contribution in [0, 0.1) is 0 Å². The van der Waals surface area contributed by atoms with E-state index in [0.717, 1.165) is 49.6 Å². The van der Waals surface area contributed by atoms with Crippen LogP contribution < -0.4 is 14.8 Å². The van der Waals surface area contributed by atoms with Gasteiger partial charge in [0.25, 0.3) is 0 Å². The standard InChI is InChI=1S/C16H23NO3/c1-18-14-7-6-12(16-11-17-8-9-19-16)10-15(14)20-13-4-2-3-5-13/h6-7,10,13,16-17H,2-5,8-9,11H2,1H3. The molecule has 1 aliphatic carbocycles. The zero-order valence-corrected chi connectivity index (χ0v) is 12.1. The third kappa shape index (κ3) is 3.07. The molecule has 0 amide bonds. The largest absolute Gasteiger partial charge is 0.493 e. The first-order valence-corrected chi connectivity index (χ1v) is 7.54. The van der Waals surface area contributed by atoms with Gasteiger partial charge < -0.3 is 19.5 Å². The molecule has 3 rings (SSSR count). The van der Waals surface area contributed by atoms with Crippen LogP contribution in [0.1, 0.15) is 37.4 Å². The fraction of sp³-hybridized carbons (Fsp3) is 0.625. The monoisotopic (exact) mass is 277 g/mol. The highest BCUT2D eigenvalue weighted by Crippen LogP contribution is 2.34. The van der Waals surface area contributed by atoms with Gasteiger partial charge in [-0.15, -0.1) is 0 Å². The van der Waals surface area contributed by atoms with E-state index in [-0.39, 0.29) is 6.10 Å². The maximum Gasteiger partial charge on any atom is 0.161 e. The molecule has 4 heteroatoms. The summed E-state index contributed by atoms with van der Waals surface area (Å²) >= 11 is 0. The van der Waals surface area contributed by atoms with E-state index in [1.807, 2.05) is 6.07 Å². The molecule has 4 nitrogen and oxygen atoms in total. The van der Waals surface area contributed by atoms with E-state index in [1.54, 1.807) is 7.11 Å². The Hall–Kier alpha value is -1.26. The van der Waals surface area contributed by atoms with Crippen LogP contribution >= 0.6 is 0 Å². The summed E-state index contributed by atoms with van der Waals surface area (Å²) in [7, 11) is 1.69. The summed E-state index contributed by atoms with van der Waals surface area (Å²) < 4.78 is 17.3. The minimum absolute atomic E-state index is 0.112. The number of hydrogen-bond donors (Lipinski definition) is 1. The zero-order chi connectivity index (χ0) is 13.8. The molecule has 1 saturated heterocycles. The number of morpholine rings is 1. The highest BCUT2D eigenvalue weighted by Gasteiger charge is 2.21. The van der Waals surface area contributed by atoms with Gasteiger partial charge in [0.05, 0.1) is 25.9 Å². The van der Waals surface area contributed by atoms with Crippen LogP contribution in [-0.4, -0.2) is 32.9 Å². The van der Waals surface area contributed by atoms with Gasteiger partial charge in [-0.05, 0) is 43.4 Å². The molecule has 0 aromatic heterocycles. The Balaban J connectivity index is 1.78. The SMILES string of the molecule is COc1ccc(C2CNCCO2)cc1OC1CCCC1. The molecule has 110 valence electrons. The van der Waals surface area contributed by atoms with Crippen LogP contribution in [0.15, 0.2) is 18.2 Å². The van der Waals surface area contributed by atoms with Gasteiger partial charge in [-0.3, -0.25) is 0 Å². The molecule has 1 heterocycles. The molecule has 1 atom stereocenters. The fourth-order valence-corrected chi connectivity index (χ4v) is 2.95. The Labute approximate surface area is 120 Å². The summed E-state index contributed by atoms with van der Waals surface area (Å²) in [6.07, 6.45) is 5.28. The average molecular weight is 277 g/mol. The van der Waals surface area contributed by atoms with Crippen molar-refractivity contribution in [2.75, 3.05) is 26.8 Å². The van der Waals surface area contributed by atoms with Crippen LogP contribution in [0.3, 0.4) is 0 Å². The van der Waals surface area contributed by atoms with Gasteiger partial charge in [0.15, 0.2) is 11.5 Å². The van der Waals surface area contributed by atoms with Gasteiger partial charge in [0.1, 0.15) is 0 Å². The minimum atomic E-state index is 0.112. The Kier molecular flexibility index (Phi) is 4.43. The number of rotatable bonds is 4. The molecule has 2 fully saturated rings. The predicted octanol–water partition coefficient (Wildman–Crippen LogP) is 2.68. The molecule has 1 aromatic rings. The van der Waals surface area contributed by atoms with Crippen molar-refractivity contribution in [3.63, 3.8) is 0 Å². The molecule has 1 aromatic carbocycles. The van der Waals surface area contributed by atoms with E-state index in [4.69, 9.17) is 14.2 Å². The molecule has 20 heavy (non-hydrogen) atoms. The van der Waals surface area contributed by atoms with Crippen molar-refractivity contribution in [3.8, 4) is 11.5 Å². The van der Waals surface area contributed by atoms with Crippen LogP contribution in [0.4, 0.5) is 0 Å². The molecule has 0 radical (unpaired) electrons. The van der Waals surface area contributed by atoms with Gasteiger partial charge in [-0.2, -0.15) is 0 Å². The summed E-state index contributed by atoms with van der Waals surface area (Å²) in [6.45, 7) is 2.54. The molecule has 0 spiro atoms. The maximum absolute atomic E-state index is 6.13. The van der Waals surface area contributed by atoms with Crippen LogP contribution in [0.5, 0.6) is 11.5 Å².